The fourth-order valence-electron chi connectivity index (χ4n) is 2.42. The monoisotopic (exact) mass is 290 g/mol. The maximum Gasteiger partial charge on any atom is 0.222 e. The van der Waals surface area contributed by atoms with Crippen molar-refractivity contribution in [1.82, 2.24) is 5.32 Å². The molecule has 116 valence electrons. The second kappa shape index (κ2) is 6.94. The fraction of sp³-hybridized carbons (Fsp3) is 0.588. The molecule has 2 atom stereocenters. The lowest BCUT2D eigenvalue weighted by Gasteiger charge is -2.18. The molecule has 2 unspecified atom stereocenters. The van der Waals surface area contributed by atoms with Crippen molar-refractivity contribution in [3.05, 3.63) is 29.8 Å². The topological polar surface area (TPSA) is 64.3 Å². The first-order valence-electron chi connectivity index (χ1n) is 7.77. The van der Waals surface area contributed by atoms with Crippen molar-refractivity contribution in [1.29, 1.82) is 0 Å². The minimum Gasteiger partial charge on any atom is -0.491 e. The third-order valence-electron chi connectivity index (χ3n) is 3.76. The fourth-order valence-corrected chi connectivity index (χ4v) is 2.42. The molecule has 2 rings (SSSR count). The van der Waals surface area contributed by atoms with Gasteiger partial charge in [0.05, 0.1) is 12.1 Å². The van der Waals surface area contributed by atoms with Gasteiger partial charge in [-0.2, -0.15) is 0 Å². The van der Waals surface area contributed by atoms with E-state index in [1.165, 1.54) is 12.8 Å². The standard InChI is InChI=1S/C17H26N2O2/c1-11(2)21-15-6-4-5-14(9-15)12(3)19-17(20)10-16(18)13-7-8-13/h4-6,9,11-13,16H,7-8,10,18H2,1-3H3,(H,19,20). The third kappa shape index (κ3) is 5.05. The van der Waals surface area contributed by atoms with Gasteiger partial charge in [-0.25, -0.2) is 0 Å². The van der Waals surface area contributed by atoms with Crippen molar-refractivity contribution in [2.45, 2.75) is 58.2 Å². The number of rotatable bonds is 7. The molecule has 0 aliphatic heterocycles. The smallest absolute Gasteiger partial charge is 0.222 e. The Morgan fingerprint density at radius 2 is 2.10 bits per heavy atom. The molecule has 0 saturated heterocycles. The summed E-state index contributed by atoms with van der Waals surface area (Å²) in [6, 6.07) is 7.82. The number of benzene rings is 1. The van der Waals surface area contributed by atoms with E-state index >= 15 is 0 Å². The molecule has 0 bridgehead atoms. The largest absolute Gasteiger partial charge is 0.491 e. The molecule has 21 heavy (non-hydrogen) atoms. The Balaban J connectivity index is 1.89. The molecule has 1 amide bonds. The second-order valence-electron chi connectivity index (χ2n) is 6.23. The van der Waals surface area contributed by atoms with Crippen LogP contribution in [0.1, 0.15) is 51.6 Å². The summed E-state index contributed by atoms with van der Waals surface area (Å²) >= 11 is 0. The van der Waals surface area contributed by atoms with E-state index in [-0.39, 0.29) is 24.1 Å². The summed E-state index contributed by atoms with van der Waals surface area (Å²) in [5.41, 5.74) is 7.04. The summed E-state index contributed by atoms with van der Waals surface area (Å²) in [6.45, 7) is 5.98. The van der Waals surface area contributed by atoms with Crippen LogP contribution in [0.2, 0.25) is 0 Å². The molecule has 4 nitrogen and oxygen atoms in total. The predicted octanol–water partition coefficient (Wildman–Crippen LogP) is 2.78. The molecule has 1 aliphatic carbocycles. The van der Waals surface area contributed by atoms with Gasteiger partial charge in [-0.05, 0) is 57.2 Å². The van der Waals surface area contributed by atoms with E-state index in [0.717, 1.165) is 11.3 Å². The van der Waals surface area contributed by atoms with Crippen molar-refractivity contribution in [3.8, 4) is 5.75 Å². The van der Waals surface area contributed by atoms with Crippen LogP contribution in [0.25, 0.3) is 0 Å². The van der Waals surface area contributed by atoms with E-state index in [1.807, 2.05) is 45.0 Å². The van der Waals surface area contributed by atoms with E-state index in [9.17, 15) is 4.79 Å². The Morgan fingerprint density at radius 1 is 1.38 bits per heavy atom. The molecule has 0 spiro atoms. The highest BCUT2D eigenvalue weighted by Gasteiger charge is 2.30. The Hall–Kier alpha value is -1.55. The molecule has 1 aromatic rings. The van der Waals surface area contributed by atoms with Gasteiger partial charge >= 0.3 is 0 Å². The zero-order valence-electron chi connectivity index (χ0n) is 13.1. The number of hydrogen-bond donors (Lipinski definition) is 2. The van der Waals surface area contributed by atoms with Crippen LogP contribution in [0, 0.1) is 5.92 Å². The Kier molecular flexibility index (Phi) is 5.23. The first kappa shape index (κ1) is 15.8. The first-order valence-corrected chi connectivity index (χ1v) is 7.77. The van der Waals surface area contributed by atoms with Gasteiger partial charge in [0.15, 0.2) is 0 Å². The van der Waals surface area contributed by atoms with Crippen LogP contribution in [0.3, 0.4) is 0 Å². The number of carbonyl (C=O) groups excluding carboxylic acids is 1. The summed E-state index contributed by atoms with van der Waals surface area (Å²) in [4.78, 5) is 12.0. The van der Waals surface area contributed by atoms with Gasteiger partial charge < -0.3 is 15.8 Å². The SMILES string of the molecule is CC(C)Oc1cccc(C(C)NC(=O)CC(N)C2CC2)c1. The molecule has 0 radical (unpaired) electrons. The molecule has 0 heterocycles. The van der Waals surface area contributed by atoms with E-state index < -0.39 is 0 Å². The molecule has 3 N–H and O–H groups in total. The van der Waals surface area contributed by atoms with Gasteiger partial charge in [-0.3, -0.25) is 4.79 Å². The minimum absolute atomic E-state index is 0.00723. The van der Waals surface area contributed by atoms with Crippen molar-refractivity contribution in [2.75, 3.05) is 0 Å². The Labute approximate surface area is 127 Å². The summed E-state index contributed by atoms with van der Waals surface area (Å²) in [5.74, 6) is 1.41. The molecule has 1 aromatic carbocycles. The highest BCUT2D eigenvalue weighted by Crippen LogP contribution is 2.32. The number of nitrogens with one attached hydrogen (secondary N) is 1. The van der Waals surface area contributed by atoms with E-state index in [4.69, 9.17) is 10.5 Å². The zero-order valence-corrected chi connectivity index (χ0v) is 13.1. The van der Waals surface area contributed by atoms with Crippen molar-refractivity contribution in [2.24, 2.45) is 11.7 Å². The lowest BCUT2D eigenvalue weighted by molar-refractivity contribution is -0.122. The third-order valence-corrected chi connectivity index (χ3v) is 3.76. The van der Waals surface area contributed by atoms with Crippen LogP contribution in [0.4, 0.5) is 0 Å². The second-order valence-corrected chi connectivity index (χ2v) is 6.23. The Bertz CT molecular complexity index is 483. The quantitative estimate of drug-likeness (QED) is 0.811. The number of nitrogens with two attached hydrogens (primary N) is 1. The summed E-state index contributed by atoms with van der Waals surface area (Å²) < 4.78 is 5.68. The van der Waals surface area contributed by atoms with Gasteiger partial charge in [-0.15, -0.1) is 0 Å². The van der Waals surface area contributed by atoms with E-state index in [2.05, 4.69) is 5.32 Å². The van der Waals surface area contributed by atoms with Crippen molar-refractivity contribution >= 4 is 5.91 Å². The normalized spacial score (nSPS) is 17.4. The lowest BCUT2D eigenvalue weighted by Crippen LogP contribution is -2.34. The number of amides is 1. The van der Waals surface area contributed by atoms with Crippen LogP contribution >= 0.6 is 0 Å². The first-order chi connectivity index (χ1) is 9.95. The van der Waals surface area contributed by atoms with Gasteiger partial charge in [0.25, 0.3) is 0 Å². The van der Waals surface area contributed by atoms with Crippen LogP contribution in [-0.2, 0) is 4.79 Å². The molecular weight excluding hydrogens is 264 g/mol. The Morgan fingerprint density at radius 3 is 2.71 bits per heavy atom. The van der Waals surface area contributed by atoms with Crippen LogP contribution in [-0.4, -0.2) is 18.1 Å². The number of hydrogen-bond acceptors (Lipinski definition) is 3. The molecule has 4 heteroatoms. The molecule has 1 aliphatic rings. The van der Waals surface area contributed by atoms with Gasteiger partial charge in [0.2, 0.25) is 5.91 Å². The molecule has 0 aromatic heterocycles. The minimum atomic E-state index is -0.0420. The van der Waals surface area contributed by atoms with Gasteiger partial charge in [-0.1, -0.05) is 12.1 Å². The maximum atomic E-state index is 12.0. The summed E-state index contributed by atoms with van der Waals surface area (Å²) in [7, 11) is 0. The molecular formula is C17H26N2O2. The summed E-state index contributed by atoms with van der Waals surface area (Å²) in [5, 5.41) is 3.02. The van der Waals surface area contributed by atoms with E-state index in [1.54, 1.807) is 0 Å². The molecule has 1 fully saturated rings. The van der Waals surface area contributed by atoms with Crippen LogP contribution < -0.4 is 15.8 Å². The van der Waals surface area contributed by atoms with Gasteiger partial charge in [0, 0.05) is 12.5 Å². The number of carbonyl (C=O) groups is 1. The zero-order chi connectivity index (χ0) is 15.4. The van der Waals surface area contributed by atoms with Crippen molar-refractivity contribution in [3.63, 3.8) is 0 Å². The lowest BCUT2D eigenvalue weighted by atomic mass is 10.1. The average Bonchev–Trinajstić information content (AvgIpc) is 3.22. The van der Waals surface area contributed by atoms with Gasteiger partial charge in [0.1, 0.15) is 5.75 Å². The maximum absolute atomic E-state index is 12.0. The van der Waals surface area contributed by atoms with Crippen LogP contribution in [0.5, 0.6) is 5.75 Å². The predicted molar refractivity (Wildman–Crippen MR) is 84.1 cm³/mol. The van der Waals surface area contributed by atoms with E-state index in [0.29, 0.717) is 12.3 Å². The van der Waals surface area contributed by atoms with Crippen molar-refractivity contribution < 1.29 is 9.53 Å². The average molecular weight is 290 g/mol. The van der Waals surface area contributed by atoms with Crippen LogP contribution in [0.15, 0.2) is 24.3 Å². The summed E-state index contributed by atoms with van der Waals surface area (Å²) in [6.07, 6.45) is 2.88. The number of ether oxygens (including phenoxy) is 1. The highest BCUT2D eigenvalue weighted by molar-refractivity contribution is 5.77. The molecule has 1 saturated carbocycles. The highest BCUT2D eigenvalue weighted by atomic mass is 16.5.